The van der Waals surface area contributed by atoms with Gasteiger partial charge in [0.2, 0.25) is 0 Å². The zero-order valence-corrected chi connectivity index (χ0v) is 8.30. The molecule has 2 fully saturated rings. The first-order valence-electron chi connectivity index (χ1n) is 5.06. The maximum Gasteiger partial charge on any atom is 0.408 e. The first kappa shape index (κ1) is 10.2. The Kier molecular flexibility index (Phi) is 2.52. The summed E-state index contributed by atoms with van der Waals surface area (Å²) in [4.78, 5) is 24.8. The molecule has 0 bridgehead atoms. The summed E-state index contributed by atoms with van der Waals surface area (Å²) in [6.45, 7) is 1.27. The van der Waals surface area contributed by atoms with Crippen LogP contribution in [0.15, 0.2) is 0 Å². The third-order valence-corrected chi connectivity index (χ3v) is 3.01. The summed E-state index contributed by atoms with van der Waals surface area (Å²) in [7, 11) is 0. The van der Waals surface area contributed by atoms with Crippen molar-refractivity contribution in [2.45, 2.75) is 24.9 Å². The highest BCUT2D eigenvalue weighted by Gasteiger charge is 2.40. The Labute approximate surface area is 87.1 Å². The van der Waals surface area contributed by atoms with Crippen LogP contribution in [0.25, 0.3) is 0 Å². The van der Waals surface area contributed by atoms with E-state index in [4.69, 9.17) is 10.2 Å². The predicted molar refractivity (Wildman–Crippen MR) is 50.7 cm³/mol. The van der Waals surface area contributed by atoms with Crippen molar-refractivity contribution in [1.29, 1.82) is 0 Å². The summed E-state index contributed by atoms with van der Waals surface area (Å²) < 4.78 is 0. The van der Waals surface area contributed by atoms with Gasteiger partial charge in [0.15, 0.2) is 0 Å². The van der Waals surface area contributed by atoms with Crippen molar-refractivity contribution in [2.75, 3.05) is 19.6 Å². The average Bonchev–Trinajstić information content (AvgIpc) is 2.99. The van der Waals surface area contributed by atoms with Crippen molar-refractivity contribution in [3.63, 3.8) is 0 Å². The minimum Gasteiger partial charge on any atom is -0.480 e. The van der Waals surface area contributed by atoms with Crippen LogP contribution in [0.5, 0.6) is 0 Å². The first-order valence-corrected chi connectivity index (χ1v) is 5.06. The summed E-state index contributed by atoms with van der Waals surface area (Å²) in [5, 5.41) is 17.8. The molecular weight excluding hydrogens is 200 g/mol. The largest absolute Gasteiger partial charge is 0.480 e. The molecule has 2 rings (SSSR count). The maximum absolute atomic E-state index is 10.9. The number of carboxylic acids is 1. The standard InChI is InChI=1S/C9H14N2O4/c12-8(13)7-5-10(6-1-2-6)3-4-11(7)9(14)15/h6-7H,1-5H2,(H,12,13)(H,14,15)/t7-/m1/s1. The fourth-order valence-corrected chi connectivity index (χ4v) is 2.02. The quantitative estimate of drug-likeness (QED) is 0.670. The molecule has 0 aromatic carbocycles. The van der Waals surface area contributed by atoms with E-state index in [0.29, 0.717) is 25.7 Å². The molecule has 1 heterocycles. The Hall–Kier alpha value is -1.30. The van der Waals surface area contributed by atoms with Crippen LogP contribution < -0.4 is 0 Å². The van der Waals surface area contributed by atoms with Crippen LogP contribution in [0, 0.1) is 0 Å². The number of nitrogens with zero attached hydrogens (tertiary/aromatic N) is 2. The molecule has 1 saturated heterocycles. The Balaban J connectivity index is 2.04. The molecule has 6 nitrogen and oxygen atoms in total. The minimum absolute atomic E-state index is 0.294. The van der Waals surface area contributed by atoms with Gasteiger partial charge in [0.1, 0.15) is 6.04 Å². The number of amides is 1. The second-order valence-electron chi connectivity index (χ2n) is 4.06. The Morgan fingerprint density at radius 2 is 1.80 bits per heavy atom. The van der Waals surface area contributed by atoms with Gasteiger partial charge in [-0.1, -0.05) is 0 Å². The lowest BCUT2D eigenvalue weighted by Gasteiger charge is -2.37. The summed E-state index contributed by atoms with van der Waals surface area (Å²) in [6, 6.07) is -0.417. The topological polar surface area (TPSA) is 81.1 Å². The number of hydrogen-bond donors (Lipinski definition) is 2. The molecule has 1 aliphatic heterocycles. The molecule has 84 valence electrons. The number of aliphatic carboxylic acids is 1. The van der Waals surface area contributed by atoms with E-state index in [-0.39, 0.29) is 0 Å². The summed E-state index contributed by atoms with van der Waals surface area (Å²) in [6.07, 6.45) is 1.08. The summed E-state index contributed by atoms with van der Waals surface area (Å²) >= 11 is 0. The Morgan fingerprint density at radius 1 is 1.13 bits per heavy atom. The van der Waals surface area contributed by atoms with Gasteiger partial charge in [-0.05, 0) is 12.8 Å². The second-order valence-corrected chi connectivity index (χ2v) is 4.06. The van der Waals surface area contributed by atoms with Crippen molar-refractivity contribution in [2.24, 2.45) is 0 Å². The van der Waals surface area contributed by atoms with Crippen LogP contribution in [0.2, 0.25) is 0 Å². The lowest BCUT2D eigenvalue weighted by Crippen LogP contribution is -2.58. The fraction of sp³-hybridized carbons (Fsp3) is 0.778. The molecule has 15 heavy (non-hydrogen) atoms. The normalized spacial score (nSPS) is 27.7. The monoisotopic (exact) mass is 214 g/mol. The third-order valence-electron chi connectivity index (χ3n) is 3.01. The van der Waals surface area contributed by atoms with Gasteiger partial charge in [-0.15, -0.1) is 0 Å². The van der Waals surface area contributed by atoms with E-state index in [1.165, 1.54) is 0 Å². The molecule has 2 N–H and O–H groups in total. The molecule has 6 heteroatoms. The van der Waals surface area contributed by atoms with Crippen molar-refractivity contribution >= 4 is 12.1 Å². The molecule has 0 unspecified atom stereocenters. The van der Waals surface area contributed by atoms with Gasteiger partial charge in [0, 0.05) is 25.7 Å². The van der Waals surface area contributed by atoms with E-state index in [0.717, 1.165) is 17.7 Å². The highest BCUT2D eigenvalue weighted by molar-refractivity contribution is 5.79. The number of carbonyl (C=O) groups is 2. The van der Waals surface area contributed by atoms with Gasteiger partial charge in [-0.3, -0.25) is 9.80 Å². The van der Waals surface area contributed by atoms with Gasteiger partial charge in [-0.25, -0.2) is 9.59 Å². The molecule has 1 amide bonds. The molecule has 0 radical (unpaired) electrons. The number of hydrogen-bond acceptors (Lipinski definition) is 3. The van der Waals surface area contributed by atoms with Gasteiger partial charge in [-0.2, -0.15) is 0 Å². The second kappa shape index (κ2) is 3.69. The highest BCUT2D eigenvalue weighted by Crippen LogP contribution is 2.28. The van der Waals surface area contributed by atoms with Crippen LogP contribution in [0.4, 0.5) is 4.79 Å². The van der Waals surface area contributed by atoms with Crippen LogP contribution in [-0.4, -0.2) is 63.8 Å². The molecule has 0 aromatic rings. The smallest absolute Gasteiger partial charge is 0.408 e. The lowest BCUT2D eigenvalue weighted by atomic mass is 10.2. The van der Waals surface area contributed by atoms with E-state index in [9.17, 15) is 9.59 Å². The number of carboxylic acid groups (broad SMARTS) is 2. The van der Waals surface area contributed by atoms with Crippen molar-refractivity contribution in [3.05, 3.63) is 0 Å². The molecular formula is C9H14N2O4. The number of piperazine rings is 1. The Bertz CT molecular complexity index is 290. The third kappa shape index (κ3) is 2.04. The zero-order chi connectivity index (χ0) is 11.0. The van der Waals surface area contributed by atoms with E-state index < -0.39 is 18.1 Å². The fourth-order valence-electron chi connectivity index (χ4n) is 2.02. The van der Waals surface area contributed by atoms with Crippen LogP contribution >= 0.6 is 0 Å². The van der Waals surface area contributed by atoms with Gasteiger partial charge in [0.25, 0.3) is 0 Å². The molecule has 2 aliphatic rings. The first-order chi connectivity index (χ1) is 7.09. The van der Waals surface area contributed by atoms with Crippen molar-refractivity contribution < 1.29 is 19.8 Å². The minimum atomic E-state index is -1.14. The van der Waals surface area contributed by atoms with E-state index in [1.54, 1.807) is 0 Å². The van der Waals surface area contributed by atoms with Gasteiger partial charge < -0.3 is 10.2 Å². The molecule has 0 aromatic heterocycles. The summed E-state index contributed by atoms with van der Waals surface area (Å²) in [5.74, 6) is -1.05. The molecule has 1 atom stereocenters. The SMILES string of the molecule is O=C(O)[C@H]1CN(C2CC2)CCN1C(=O)O. The molecule has 1 aliphatic carbocycles. The number of rotatable bonds is 2. The van der Waals surface area contributed by atoms with Crippen LogP contribution in [-0.2, 0) is 4.79 Å². The molecule has 0 spiro atoms. The van der Waals surface area contributed by atoms with E-state index in [1.807, 2.05) is 0 Å². The van der Waals surface area contributed by atoms with Crippen LogP contribution in [0.3, 0.4) is 0 Å². The van der Waals surface area contributed by atoms with Gasteiger partial charge >= 0.3 is 12.1 Å². The van der Waals surface area contributed by atoms with Gasteiger partial charge in [0.05, 0.1) is 0 Å². The Morgan fingerprint density at radius 3 is 2.27 bits per heavy atom. The van der Waals surface area contributed by atoms with Crippen molar-refractivity contribution in [3.8, 4) is 0 Å². The molecule has 1 saturated carbocycles. The zero-order valence-electron chi connectivity index (χ0n) is 8.30. The maximum atomic E-state index is 10.9. The van der Waals surface area contributed by atoms with Crippen molar-refractivity contribution in [1.82, 2.24) is 9.80 Å². The summed E-state index contributed by atoms with van der Waals surface area (Å²) in [5.41, 5.74) is 0. The highest BCUT2D eigenvalue weighted by atomic mass is 16.4. The predicted octanol–water partition coefficient (Wildman–Crippen LogP) is -0.102. The van der Waals surface area contributed by atoms with E-state index in [2.05, 4.69) is 4.90 Å². The average molecular weight is 214 g/mol. The van der Waals surface area contributed by atoms with E-state index >= 15 is 0 Å². The van der Waals surface area contributed by atoms with Crippen LogP contribution in [0.1, 0.15) is 12.8 Å². The lowest BCUT2D eigenvalue weighted by molar-refractivity contribution is -0.144.